The van der Waals surface area contributed by atoms with Crippen molar-refractivity contribution >= 4 is 16.6 Å². The molecule has 0 spiro atoms. The van der Waals surface area contributed by atoms with Gasteiger partial charge < -0.3 is 4.98 Å². The smallest absolute Gasteiger partial charge is 0.137 e. The van der Waals surface area contributed by atoms with E-state index in [9.17, 15) is 0 Å². The molecule has 25 heavy (non-hydrogen) atoms. The molecule has 3 aromatic rings. The first-order valence-electron chi connectivity index (χ1n) is 9.07. The molecule has 0 bridgehead atoms. The van der Waals surface area contributed by atoms with Crippen LogP contribution in [0, 0.1) is 11.3 Å². The Morgan fingerprint density at radius 1 is 1.20 bits per heavy atom. The molecular formula is C21H26N4. The van der Waals surface area contributed by atoms with E-state index in [-0.39, 0.29) is 0 Å². The molecule has 0 aliphatic heterocycles. The fraction of sp³-hybridized carbons (Fsp3) is 0.429. The molecule has 0 aromatic carbocycles. The van der Waals surface area contributed by atoms with Crippen LogP contribution in [0.4, 0.5) is 0 Å². The van der Waals surface area contributed by atoms with Gasteiger partial charge in [-0.05, 0) is 47.8 Å². The van der Waals surface area contributed by atoms with E-state index in [0.29, 0.717) is 5.41 Å². The molecule has 1 N–H and O–H groups in total. The normalized spacial score (nSPS) is 18.6. The van der Waals surface area contributed by atoms with Crippen LogP contribution in [0.2, 0.25) is 0 Å². The van der Waals surface area contributed by atoms with Gasteiger partial charge in [0.15, 0.2) is 0 Å². The van der Waals surface area contributed by atoms with E-state index in [1.807, 2.05) is 36.5 Å². The van der Waals surface area contributed by atoms with Crippen LogP contribution < -0.4 is 0 Å². The van der Waals surface area contributed by atoms with Crippen molar-refractivity contribution in [1.82, 2.24) is 19.7 Å². The number of pyridine rings is 1. The van der Waals surface area contributed by atoms with Gasteiger partial charge in [0, 0.05) is 42.2 Å². The van der Waals surface area contributed by atoms with Crippen molar-refractivity contribution in [3.8, 4) is 11.1 Å². The van der Waals surface area contributed by atoms with Gasteiger partial charge in [0.05, 0.1) is 6.20 Å². The first kappa shape index (κ1) is 16.1. The maximum absolute atomic E-state index is 4.65. The predicted octanol–water partition coefficient (Wildman–Crippen LogP) is 5.19. The Kier molecular flexibility index (Phi) is 3.78. The summed E-state index contributed by atoms with van der Waals surface area (Å²) in [5, 5.41) is 5.46. The number of H-pyrrole nitrogens is 1. The number of allylic oxidation sites excluding steroid dienone is 2. The summed E-state index contributed by atoms with van der Waals surface area (Å²) in [4.78, 5) is 7.94. The molecular weight excluding hydrogens is 308 g/mol. The molecule has 0 saturated heterocycles. The minimum Gasteiger partial charge on any atom is -0.346 e. The molecule has 1 unspecified atom stereocenters. The van der Waals surface area contributed by atoms with E-state index >= 15 is 0 Å². The van der Waals surface area contributed by atoms with Crippen molar-refractivity contribution in [2.75, 3.05) is 0 Å². The van der Waals surface area contributed by atoms with Crippen LogP contribution in [0.15, 0.2) is 36.9 Å². The van der Waals surface area contributed by atoms with Gasteiger partial charge in [0.1, 0.15) is 5.65 Å². The van der Waals surface area contributed by atoms with Crippen molar-refractivity contribution in [1.29, 1.82) is 0 Å². The second-order valence-corrected chi connectivity index (χ2v) is 8.29. The summed E-state index contributed by atoms with van der Waals surface area (Å²) in [6, 6.07) is 2.28. The fourth-order valence-corrected chi connectivity index (χ4v) is 3.86. The standard InChI is InChI=1S/C21H26N4/c1-21(2,3)17-7-5-14(6-8-17)15-9-18-19(12-23-20(18)22-10-15)16-11-24-25(4)13-16/h5,9-13,17H,6-8H2,1-4H3,(H,22,23). The van der Waals surface area contributed by atoms with Crippen LogP contribution in [0.3, 0.4) is 0 Å². The van der Waals surface area contributed by atoms with Crippen molar-refractivity contribution < 1.29 is 0 Å². The molecule has 0 amide bonds. The van der Waals surface area contributed by atoms with Crippen molar-refractivity contribution in [3.05, 3.63) is 42.5 Å². The lowest BCUT2D eigenvalue weighted by Crippen LogP contribution is -2.21. The molecule has 1 aliphatic carbocycles. The quantitative estimate of drug-likeness (QED) is 0.701. The lowest BCUT2D eigenvalue weighted by atomic mass is 9.72. The van der Waals surface area contributed by atoms with Gasteiger partial charge >= 0.3 is 0 Å². The number of aromatic amines is 1. The first-order valence-corrected chi connectivity index (χ1v) is 9.07. The zero-order chi connectivity index (χ0) is 17.6. The zero-order valence-electron chi connectivity index (χ0n) is 15.5. The summed E-state index contributed by atoms with van der Waals surface area (Å²) in [6.45, 7) is 7.05. The fourth-order valence-electron chi connectivity index (χ4n) is 3.86. The first-order chi connectivity index (χ1) is 11.9. The molecule has 4 rings (SSSR count). The van der Waals surface area contributed by atoms with Gasteiger partial charge in [0.2, 0.25) is 0 Å². The van der Waals surface area contributed by atoms with Crippen LogP contribution in [0.5, 0.6) is 0 Å². The number of nitrogens with one attached hydrogen (secondary N) is 1. The molecule has 0 fully saturated rings. The molecule has 3 aromatic heterocycles. The molecule has 4 nitrogen and oxygen atoms in total. The van der Waals surface area contributed by atoms with Gasteiger partial charge in [-0.1, -0.05) is 26.8 Å². The number of hydrogen-bond acceptors (Lipinski definition) is 2. The Labute approximate surface area is 149 Å². The number of aromatic nitrogens is 4. The molecule has 3 heterocycles. The largest absolute Gasteiger partial charge is 0.346 e. The van der Waals surface area contributed by atoms with E-state index in [0.717, 1.165) is 23.5 Å². The highest BCUT2D eigenvalue weighted by Gasteiger charge is 2.26. The van der Waals surface area contributed by atoms with Crippen LogP contribution >= 0.6 is 0 Å². The predicted molar refractivity (Wildman–Crippen MR) is 103 cm³/mol. The minimum absolute atomic E-state index is 0.387. The lowest BCUT2D eigenvalue weighted by Gasteiger charge is -2.33. The summed E-state index contributed by atoms with van der Waals surface area (Å²) in [7, 11) is 1.94. The average molecular weight is 334 g/mol. The molecule has 0 saturated carbocycles. The Morgan fingerprint density at radius 3 is 2.68 bits per heavy atom. The van der Waals surface area contributed by atoms with Crippen molar-refractivity contribution in [2.45, 2.75) is 40.0 Å². The molecule has 1 atom stereocenters. The average Bonchev–Trinajstić information content (AvgIpc) is 3.19. The third-order valence-electron chi connectivity index (χ3n) is 5.55. The maximum atomic E-state index is 4.65. The lowest BCUT2D eigenvalue weighted by molar-refractivity contribution is 0.225. The Hall–Kier alpha value is -2.36. The topological polar surface area (TPSA) is 46.5 Å². The van der Waals surface area contributed by atoms with Crippen LogP contribution in [0.1, 0.15) is 45.6 Å². The highest BCUT2D eigenvalue weighted by molar-refractivity contribution is 5.94. The van der Waals surface area contributed by atoms with Gasteiger partial charge in [-0.15, -0.1) is 0 Å². The van der Waals surface area contributed by atoms with Crippen LogP contribution in [-0.4, -0.2) is 19.7 Å². The second-order valence-electron chi connectivity index (χ2n) is 8.29. The van der Waals surface area contributed by atoms with E-state index in [1.54, 1.807) is 0 Å². The van der Waals surface area contributed by atoms with Crippen molar-refractivity contribution in [2.24, 2.45) is 18.4 Å². The summed E-state index contributed by atoms with van der Waals surface area (Å²) in [5.41, 5.74) is 6.31. The number of rotatable bonds is 2. The van der Waals surface area contributed by atoms with Gasteiger partial charge in [0.25, 0.3) is 0 Å². The SMILES string of the molecule is Cn1cc(-c2c[nH]c3ncc(C4=CCC(C(C)(C)C)CC4)cc23)cn1. The summed E-state index contributed by atoms with van der Waals surface area (Å²) in [5.74, 6) is 0.770. The van der Waals surface area contributed by atoms with Gasteiger partial charge in [-0.2, -0.15) is 5.10 Å². The molecule has 130 valence electrons. The van der Waals surface area contributed by atoms with E-state index in [4.69, 9.17) is 0 Å². The Bertz CT molecular complexity index is 936. The number of hydrogen-bond donors (Lipinski definition) is 1. The second kappa shape index (κ2) is 5.87. The highest BCUT2D eigenvalue weighted by atomic mass is 15.2. The van der Waals surface area contributed by atoms with Gasteiger partial charge in [-0.3, -0.25) is 4.68 Å². The van der Waals surface area contributed by atoms with Crippen molar-refractivity contribution in [3.63, 3.8) is 0 Å². The Morgan fingerprint density at radius 2 is 2.04 bits per heavy atom. The summed E-state index contributed by atoms with van der Waals surface area (Å²) >= 11 is 0. The number of nitrogens with zero attached hydrogens (tertiary/aromatic N) is 3. The monoisotopic (exact) mass is 334 g/mol. The zero-order valence-corrected chi connectivity index (χ0v) is 15.5. The Balaban J connectivity index is 1.69. The van der Waals surface area contributed by atoms with E-state index < -0.39 is 0 Å². The molecule has 0 radical (unpaired) electrons. The van der Waals surface area contributed by atoms with Gasteiger partial charge in [-0.25, -0.2) is 4.98 Å². The third-order valence-corrected chi connectivity index (χ3v) is 5.55. The minimum atomic E-state index is 0.387. The van der Waals surface area contributed by atoms with Crippen LogP contribution in [-0.2, 0) is 7.05 Å². The third kappa shape index (κ3) is 3.01. The molecule has 4 heteroatoms. The number of aryl methyl sites for hydroxylation is 1. The van der Waals surface area contributed by atoms with Crippen LogP contribution in [0.25, 0.3) is 27.7 Å². The number of fused-ring (bicyclic) bond motifs is 1. The van der Waals surface area contributed by atoms with E-state index in [1.165, 1.54) is 34.9 Å². The summed E-state index contributed by atoms with van der Waals surface area (Å²) in [6.07, 6.45) is 14.0. The highest BCUT2D eigenvalue weighted by Crippen LogP contribution is 2.40. The van der Waals surface area contributed by atoms with E-state index in [2.05, 4.69) is 48.0 Å². The molecule has 1 aliphatic rings. The maximum Gasteiger partial charge on any atom is 0.137 e. The summed E-state index contributed by atoms with van der Waals surface area (Å²) < 4.78 is 1.84.